The number of hydrogen-bond acceptors (Lipinski definition) is 5. The average molecular weight is 337 g/mol. The lowest BCUT2D eigenvalue weighted by Gasteiger charge is -2.28. The molecule has 0 aromatic rings. The van der Waals surface area contributed by atoms with E-state index in [0.29, 0.717) is 0 Å². The average Bonchev–Trinajstić information content (AvgIpc) is 2.85. The van der Waals surface area contributed by atoms with Gasteiger partial charge in [-0.3, -0.25) is 14.7 Å². The van der Waals surface area contributed by atoms with E-state index in [1.165, 1.54) is 6.08 Å². The van der Waals surface area contributed by atoms with Crippen LogP contribution in [0.25, 0.3) is 0 Å². The lowest BCUT2D eigenvalue weighted by atomic mass is 9.87. The Morgan fingerprint density at radius 3 is 2.45 bits per heavy atom. The molecular formula is C14H22F2NO4P. The molecule has 5 atom stereocenters. The summed E-state index contributed by atoms with van der Waals surface area (Å²) < 4.78 is 49.7. The Morgan fingerprint density at radius 2 is 1.91 bits per heavy atom. The zero-order valence-electron chi connectivity index (χ0n) is 12.7. The van der Waals surface area contributed by atoms with Crippen molar-refractivity contribution in [1.29, 1.82) is 0 Å². The third-order valence-corrected chi connectivity index (χ3v) is 6.24. The number of nitrogens with one attached hydrogen (secondary N) is 1. The highest BCUT2D eigenvalue weighted by Gasteiger charge is 2.48. The van der Waals surface area contributed by atoms with Crippen LogP contribution in [-0.2, 0) is 18.4 Å². The molecule has 0 radical (unpaired) electrons. The molecule has 1 saturated heterocycles. The van der Waals surface area contributed by atoms with Gasteiger partial charge in [0.05, 0.1) is 13.2 Å². The van der Waals surface area contributed by atoms with Crippen molar-refractivity contribution in [1.82, 2.24) is 5.32 Å². The molecule has 0 amide bonds. The quantitative estimate of drug-likeness (QED) is 0.596. The van der Waals surface area contributed by atoms with Crippen LogP contribution in [0.3, 0.4) is 0 Å². The predicted molar refractivity (Wildman–Crippen MR) is 78.2 cm³/mol. The van der Waals surface area contributed by atoms with Gasteiger partial charge in [-0.15, -0.1) is 0 Å². The zero-order chi connectivity index (χ0) is 16.3. The smallest absolute Gasteiger partial charge is 0.307 e. The maximum atomic E-state index is 13.5. The van der Waals surface area contributed by atoms with Gasteiger partial charge < -0.3 is 9.05 Å². The van der Waals surface area contributed by atoms with Gasteiger partial charge in [0.2, 0.25) is 0 Å². The summed E-state index contributed by atoms with van der Waals surface area (Å²) in [5.74, 6) is -1.62. The van der Waals surface area contributed by atoms with Gasteiger partial charge in [0, 0.05) is 12.5 Å². The summed E-state index contributed by atoms with van der Waals surface area (Å²) >= 11 is 0. The predicted octanol–water partition coefficient (Wildman–Crippen LogP) is 2.76. The Bertz CT molecular complexity index is 477. The summed E-state index contributed by atoms with van der Waals surface area (Å²) in [6, 6.07) is -0.381. The minimum atomic E-state index is -3.59. The Balaban J connectivity index is 2.10. The fourth-order valence-corrected chi connectivity index (χ4v) is 4.83. The van der Waals surface area contributed by atoms with Crippen LogP contribution in [0.1, 0.15) is 26.7 Å². The van der Waals surface area contributed by atoms with Crippen LogP contribution in [0, 0.1) is 5.92 Å². The molecule has 8 heteroatoms. The fourth-order valence-electron chi connectivity index (χ4n) is 2.91. The molecule has 2 rings (SSSR count). The highest BCUT2D eigenvalue weighted by Crippen LogP contribution is 2.54. The maximum Gasteiger partial charge on any atom is 0.355 e. The van der Waals surface area contributed by atoms with E-state index in [1.807, 2.05) is 0 Å². The van der Waals surface area contributed by atoms with Crippen LogP contribution in [0.2, 0.25) is 0 Å². The van der Waals surface area contributed by atoms with Crippen molar-refractivity contribution in [3.63, 3.8) is 0 Å². The van der Waals surface area contributed by atoms with Crippen molar-refractivity contribution in [3.05, 3.63) is 12.2 Å². The van der Waals surface area contributed by atoms with Crippen LogP contribution in [-0.4, -0.2) is 43.2 Å². The van der Waals surface area contributed by atoms with Crippen molar-refractivity contribution >= 4 is 13.4 Å². The van der Waals surface area contributed by atoms with Gasteiger partial charge in [-0.25, -0.2) is 8.78 Å². The zero-order valence-corrected chi connectivity index (χ0v) is 13.6. The molecule has 4 unspecified atom stereocenters. The number of alkyl halides is 2. The van der Waals surface area contributed by atoms with Gasteiger partial charge in [0.15, 0.2) is 11.6 Å². The van der Waals surface area contributed by atoms with E-state index in [4.69, 9.17) is 9.05 Å². The van der Waals surface area contributed by atoms with Crippen LogP contribution in [0.4, 0.5) is 8.78 Å². The molecule has 0 saturated carbocycles. The fraction of sp³-hybridized carbons (Fsp3) is 0.786. The first kappa shape index (κ1) is 17.7. The van der Waals surface area contributed by atoms with E-state index >= 15 is 0 Å². The standard InChI is InChI=1S/C14H22F2NO4P/c1-3-20-22(19,21-4-2)14-13(18)8-12(17-14)9-5-6-10(15)11(16)7-9/h5-6,9-12,14,17H,3-4,7-8H2,1-2H3/t9?,10?,11?,12-,14?/m0/s1. The number of carbonyl (C=O) groups is 1. The van der Waals surface area contributed by atoms with Gasteiger partial charge in [-0.05, 0) is 26.2 Å². The number of carbonyl (C=O) groups excluding carboxylic acids is 1. The molecular weight excluding hydrogens is 315 g/mol. The number of rotatable bonds is 6. The lowest BCUT2D eigenvalue weighted by Crippen LogP contribution is -2.39. The van der Waals surface area contributed by atoms with E-state index in [9.17, 15) is 18.1 Å². The van der Waals surface area contributed by atoms with E-state index in [-0.39, 0.29) is 43.8 Å². The van der Waals surface area contributed by atoms with Crippen molar-refractivity contribution in [2.24, 2.45) is 5.92 Å². The number of ketones is 1. The summed E-state index contributed by atoms with van der Waals surface area (Å²) in [7, 11) is -3.59. The highest BCUT2D eigenvalue weighted by molar-refractivity contribution is 7.55. The molecule has 2 aliphatic rings. The second-order valence-corrected chi connectivity index (χ2v) is 7.58. The van der Waals surface area contributed by atoms with Gasteiger partial charge in [-0.1, -0.05) is 12.2 Å². The number of halogens is 2. The first-order valence-corrected chi connectivity index (χ1v) is 9.16. The van der Waals surface area contributed by atoms with E-state index in [2.05, 4.69) is 5.32 Å². The SMILES string of the molecule is CCOP(=O)(OCC)C1N[C@H](C2C=CC(F)C(F)C2)CC1=O. The normalized spacial score (nSPS) is 36.0. The van der Waals surface area contributed by atoms with Gasteiger partial charge in [-0.2, -0.15) is 0 Å². The van der Waals surface area contributed by atoms with Crippen LogP contribution in [0.15, 0.2) is 12.2 Å². The molecule has 0 spiro atoms. The van der Waals surface area contributed by atoms with Crippen LogP contribution >= 0.6 is 7.60 Å². The molecule has 22 heavy (non-hydrogen) atoms. The molecule has 1 aliphatic carbocycles. The largest absolute Gasteiger partial charge is 0.355 e. The van der Waals surface area contributed by atoms with Gasteiger partial charge >= 0.3 is 7.60 Å². The van der Waals surface area contributed by atoms with Crippen molar-refractivity contribution < 1.29 is 27.2 Å². The lowest BCUT2D eigenvalue weighted by molar-refractivity contribution is -0.117. The van der Waals surface area contributed by atoms with Crippen LogP contribution in [0.5, 0.6) is 0 Å². The van der Waals surface area contributed by atoms with E-state index in [0.717, 1.165) is 0 Å². The van der Waals surface area contributed by atoms with Crippen molar-refractivity contribution in [3.8, 4) is 0 Å². The number of allylic oxidation sites excluding steroid dienone is 1. The summed E-state index contributed by atoms with van der Waals surface area (Å²) in [6.45, 7) is 3.66. The molecule has 1 fully saturated rings. The second kappa shape index (κ2) is 7.30. The molecule has 0 aromatic heterocycles. The van der Waals surface area contributed by atoms with Crippen LogP contribution < -0.4 is 5.32 Å². The second-order valence-electron chi connectivity index (χ2n) is 5.47. The van der Waals surface area contributed by atoms with Crippen molar-refractivity contribution in [2.45, 2.75) is 50.9 Å². The first-order chi connectivity index (χ1) is 10.4. The first-order valence-electron chi connectivity index (χ1n) is 7.55. The Kier molecular flexibility index (Phi) is 5.88. The minimum absolute atomic E-state index is 0.00288. The van der Waals surface area contributed by atoms with Crippen molar-refractivity contribution in [2.75, 3.05) is 13.2 Å². The summed E-state index contributed by atoms with van der Waals surface area (Å²) in [4.78, 5) is 12.2. The number of hydrogen-bond donors (Lipinski definition) is 1. The maximum absolute atomic E-state index is 13.5. The van der Waals surface area contributed by atoms with Gasteiger partial charge in [0.1, 0.15) is 12.3 Å². The monoisotopic (exact) mass is 337 g/mol. The Labute approximate surface area is 129 Å². The molecule has 1 heterocycles. The van der Waals surface area contributed by atoms with E-state index < -0.39 is 25.7 Å². The summed E-state index contributed by atoms with van der Waals surface area (Å²) in [5.41, 5.74) is 0. The summed E-state index contributed by atoms with van der Waals surface area (Å²) in [6.07, 6.45) is -0.293. The molecule has 5 nitrogen and oxygen atoms in total. The minimum Gasteiger partial charge on any atom is -0.307 e. The summed E-state index contributed by atoms with van der Waals surface area (Å²) in [5, 5.41) is 2.95. The molecule has 0 aromatic carbocycles. The number of Topliss-reactive ketones (excluding diaryl/α,β-unsaturated/α-hetero) is 1. The van der Waals surface area contributed by atoms with E-state index in [1.54, 1.807) is 19.9 Å². The Morgan fingerprint density at radius 1 is 1.27 bits per heavy atom. The Hall–Kier alpha value is -0.620. The topological polar surface area (TPSA) is 64.6 Å². The third-order valence-electron chi connectivity index (χ3n) is 3.93. The molecule has 0 bridgehead atoms. The van der Waals surface area contributed by atoms with Gasteiger partial charge in [0.25, 0.3) is 0 Å². The molecule has 1 aliphatic heterocycles. The molecule has 126 valence electrons. The third kappa shape index (κ3) is 3.65. The highest BCUT2D eigenvalue weighted by atomic mass is 31.2. The molecule has 1 N–H and O–H groups in total.